The third-order valence-corrected chi connectivity index (χ3v) is 2.36. The summed E-state index contributed by atoms with van der Waals surface area (Å²) >= 11 is 0. The Morgan fingerprint density at radius 3 is 2.67 bits per heavy atom. The standard InChI is InChI=1S/C12H11F3N2O/c13-12(14,15)10-3-1-2-4-11(10)18-8-7-17-6-5-16-9-17/h1-6,9H,7-8H2. The minimum absolute atomic E-state index is 0.148. The van der Waals surface area contributed by atoms with Crippen LogP contribution in [-0.2, 0) is 12.7 Å². The summed E-state index contributed by atoms with van der Waals surface area (Å²) in [5, 5.41) is 0. The van der Waals surface area contributed by atoms with Gasteiger partial charge in [-0.25, -0.2) is 4.98 Å². The third-order valence-electron chi connectivity index (χ3n) is 2.36. The molecule has 0 N–H and O–H groups in total. The van der Waals surface area contributed by atoms with Crippen molar-refractivity contribution in [3.63, 3.8) is 0 Å². The van der Waals surface area contributed by atoms with Crippen LogP contribution in [0.2, 0.25) is 0 Å². The topological polar surface area (TPSA) is 27.1 Å². The number of para-hydroxylation sites is 1. The van der Waals surface area contributed by atoms with Gasteiger partial charge in [-0.1, -0.05) is 12.1 Å². The average molecular weight is 256 g/mol. The fourth-order valence-electron chi connectivity index (χ4n) is 1.51. The van der Waals surface area contributed by atoms with Crippen LogP contribution >= 0.6 is 0 Å². The summed E-state index contributed by atoms with van der Waals surface area (Å²) in [4.78, 5) is 3.83. The molecular formula is C12H11F3N2O. The number of imidazole rings is 1. The van der Waals surface area contributed by atoms with Gasteiger partial charge in [0.15, 0.2) is 0 Å². The second-order valence-corrected chi connectivity index (χ2v) is 3.64. The molecule has 1 aromatic heterocycles. The maximum atomic E-state index is 12.7. The maximum absolute atomic E-state index is 12.7. The quantitative estimate of drug-likeness (QED) is 0.840. The van der Waals surface area contributed by atoms with Crippen LogP contribution in [0.1, 0.15) is 5.56 Å². The van der Waals surface area contributed by atoms with Gasteiger partial charge in [0.1, 0.15) is 12.4 Å². The van der Waals surface area contributed by atoms with Gasteiger partial charge < -0.3 is 9.30 Å². The highest BCUT2D eigenvalue weighted by Crippen LogP contribution is 2.35. The lowest BCUT2D eigenvalue weighted by atomic mass is 10.2. The Morgan fingerprint density at radius 2 is 2.00 bits per heavy atom. The van der Waals surface area contributed by atoms with Crippen LogP contribution in [0.5, 0.6) is 5.75 Å². The third kappa shape index (κ3) is 3.03. The van der Waals surface area contributed by atoms with Crippen LogP contribution in [0, 0.1) is 0 Å². The normalized spacial score (nSPS) is 11.5. The monoisotopic (exact) mass is 256 g/mol. The second-order valence-electron chi connectivity index (χ2n) is 3.64. The fraction of sp³-hybridized carbons (Fsp3) is 0.250. The fourth-order valence-corrected chi connectivity index (χ4v) is 1.51. The smallest absolute Gasteiger partial charge is 0.419 e. The summed E-state index contributed by atoms with van der Waals surface area (Å²) in [7, 11) is 0. The molecular weight excluding hydrogens is 245 g/mol. The van der Waals surface area contributed by atoms with E-state index >= 15 is 0 Å². The van der Waals surface area contributed by atoms with Crippen molar-refractivity contribution in [2.45, 2.75) is 12.7 Å². The zero-order valence-corrected chi connectivity index (χ0v) is 9.39. The van der Waals surface area contributed by atoms with Gasteiger partial charge in [-0.3, -0.25) is 0 Å². The van der Waals surface area contributed by atoms with E-state index in [-0.39, 0.29) is 12.4 Å². The van der Waals surface area contributed by atoms with Gasteiger partial charge in [0, 0.05) is 12.4 Å². The van der Waals surface area contributed by atoms with Crippen LogP contribution in [0.25, 0.3) is 0 Å². The van der Waals surface area contributed by atoms with Gasteiger partial charge in [0.2, 0.25) is 0 Å². The van der Waals surface area contributed by atoms with E-state index in [2.05, 4.69) is 4.98 Å². The molecule has 1 aromatic carbocycles. The van der Waals surface area contributed by atoms with E-state index in [0.29, 0.717) is 6.54 Å². The first-order valence-electron chi connectivity index (χ1n) is 5.32. The Bertz CT molecular complexity index is 494. The van der Waals surface area contributed by atoms with Crippen molar-refractivity contribution in [2.75, 3.05) is 6.61 Å². The molecule has 18 heavy (non-hydrogen) atoms. The molecule has 0 aliphatic heterocycles. The predicted molar refractivity (Wildman–Crippen MR) is 59.2 cm³/mol. The van der Waals surface area contributed by atoms with Gasteiger partial charge in [-0.05, 0) is 12.1 Å². The van der Waals surface area contributed by atoms with Gasteiger partial charge >= 0.3 is 6.18 Å². The van der Waals surface area contributed by atoms with Crippen LogP contribution in [0.3, 0.4) is 0 Å². The number of halogens is 3. The van der Waals surface area contributed by atoms with Gasteiger partial charge in [-0.15, -0.1) is 0 Å². The minimum Gasteiger partial charge on any atom is -0.491 e. The minimum atomic E-state index is -4.40. The molecule has 0 aliphatic carbocycles. The number of hydrogen-bond acceptors (Lipinski definition) is 2. The van der Waals surface area contributed by atoms with Crippen LogP contribution < -0.4 is 4.74 Å². The summed E-state index contributed by atoms with van der Waals surface area (Å²) in [5.74, 6) is -0.148. The Morgan fingerprint density at radius 1 is 1.22 bits per heavy atom. The highest BCUT2D eigenvalue weighted by molar-refractivity contribution is 5.35. The molecule has 0 saturated heterocycles. The first-order chi connectivity index (χ1) is 8.57. The molecule has 3 nitrogen and oxygen atoms in total. The van der Waals surface area contributed by atoms with E-state index in [0.717, 1.165) is 6.07 Å². The molecule has 0 unspecified atom stereocenters. The molecule has 1 heterocycles. The summed E-state index contributed by atoms with van der Waals surface area (Å²) in [5.41, 5.74) is -0.754. The van der Waals surface area contributed by atoms with Gasteiger partial charge in [0.05, 0.1) is 18.4 Å². The van der Waals surface area contributed by atoms with E-state index < -0.39 is 11.7 Å². The Hall–Kier alpha value is -1.98. The SMILES string of the molecule is FC(F)(F)c1ccccc1OCCn1ccnc1. The first-order valence-corrected chi connectivity index (χ1v) is 5.32. The number of aromatic nitrogens is 2. The molecule has 0 saturated carbocycles. The molecule has 0 radical (unpaired) electrons. The van der Waals surface area contributed by atoms with Crippen LogP contribution in [-0.4, -0.2) is 16.2 Å². The van der Waals surface area contributed by atoms with Crippen molar-refractivity contribution < 1.29 is 17.9 Å². The largest absolute Gasteiger partial charge is 0.491 e. The number of hydrogen-bond donors (Lipinski definition) is 0. The Labute approximate surface area is 102 Å². The highest BCUT2D eigenvalue weighted by Gasteiger charge is 2.33. The molecule has 0 aliphatic rings. The summed E-state index contributed by atoms with van der Waals surface area (Å²) in [6.07, 6.45) is 0.507. The van der Waals surface area contributed by atoms with Crippen molar-refractivity contribution >= 4 is 0 Å². The molecule has 0 spiro atoms. The zero-order chi connectivity index (χ0) is 13.0. The number of ether oxygens (including phenoxy) is 1. The zero-order valence-electron chi connectivity index (χ0n) is 9.39. The molecule has 0 fully saturated rings. The van der Waals surface area contributed by atoms with E-state index in [1.807, 2.05) is 0 Å². The van der Waals surface area contributed by atoms with Crippen molar-refractivity contribution in [3.05, 3.63) is 48.5 Å². The predicted octanol–water partition coefficient (Wildman–Crippen LogP) is 2.98. The number of benzene rings is 1. The van der Waals surface area contributed by atoms with Crippen LogP contribution in [0.15, 0.2) is 43.0 Å². The van der Waals surface area contributed by atoms with E-state index in [1.165, 1.54) is 18.2 Å². The lowest BCUT2D eigenvalue weighted by Gasteiger charge is -2.13. The lowest BCUT2D eigenvalue weighted by molar-refractivity contribution is -0.139. The van der Waals surface area contributed by atoms with E-state index in [4.69, 9.17) is 4.74 Å². The lowest BCUT2D eigenvalue weighted by Crippen LogP contribution is -2.11. The molecule has 96 valence electrons. The van der Waals surface area contributed by atoms with E-state index in [1.54, 1.807) is 23.3 Å². The van der Waals surface area contributed by atoms with Gasteiger partial charge in [0.25, 0.3) is 0 Å². The average Bonchev–Trinajstić information content (AvgIpc) is 2.81. The molecule has 6 heteroatoms. The molecule has 0 amide bonds. The van der Waals surface area contributed by atoms with E-state index in [9.17, 15) is 13.2 Å². The highest BCUT2D eigenvalue weighted by atomic mass is 19.4. The molecule has 2 rings (SSSR count). The number of rotatable bonds is 4. The first kappa shape index (κ1) is 12.5. The van der Waals surface area contributed by atoms with Crippen LogP contribution in [0.4, 0.5) is 13.2 Å². The Kier molecular flexibility index (Phi) is 3.55. The molecule has 0 bridgehead atoms. The molecule has 0 atom stereocenters. The van der Waals surface area contributed by atoms with Crippen molar-refractivity contribution in [2.24, 2.45) is 0 Å². The number of nitrogens with zero attached hydrogens (tertiary/aromatic N) is 2. The van der Waals surface area contributed by atoms with Crippen molar-refractivity contribution in [3.8, 4) is 5.75 Å². The van der Waals surface area contributed by atoms with Gasteiger partial charge in [-0.2, -0.15) is 13.2 Å². The van der Waals surface area contributed by atoms with Crippen molar-refractivity contribution in [1.29, 1.82) is 0 Å². The summed E-state index contributed by atoms with van der Waals surface area (Å²) in [6, 6.07) is 5.18. The van der Waals surface area contributed by atoms with Crippen molar-refractivity contribution in [1.82, 2.24) is 9.55 Å². The summed E-state index contributed by atoms with van der Waals surface area (Å²) in [6.45, 7) is 0.607. The molecule has 2 aromatic rings. The Balaban J connectivity index is 2.01. The second kappa shape index (κ2) is 5.12. The number of alkyl halides is 3. The summed E-state index contributed by atoms with van der Waals surface area (Å²) < 4.78 is 44.9. The maximum Gasteiger partial charge on any atom is 0.419 e.